The number of sulfonamides is 1. The fourth-order valence-electron chi connectivity index (χ4n) is 1.58. The molecule has 0 saturated carbocycles. The maximum Gasteiger partial charge on any atom is 0.263 e. The molecule has 0 bridgehead atoms. The van der Waals surface area contributed by atoms with Crippen LogP contribution in [-0.2, 0) is 16.6 Å². The molecule has 0 aliphatic carbocycles. The van der Waals surface area contributed by atoms with Crippen molar-refractivity contribution in [3.63, 3.8) is 0 Å². The summed E-state index contributed by atoms with van der Waals surface area (Å²) in [5.74, 6) is -0.508. The molecule has 8 heteroatoms. The van der Waals surface area contributed by atoms with Crippen LogP contribution < -0.4 is 10.5 Å². The first-order valence-electron chi connectivity index (χ1n) is 5.55. The Morgan fingerprint density at radius 3 is 2.65 bits per heavy atom. The van der Waals surface area contributed by atoms with Crippen molar-refractivity contribution in [1.82, 2.24) is 4.98 Å². The number of nitrogens with one attached hydrogen (secondary N) is 1. The zero-order chi connectivity index (χ0) is 14.8. The van der Waals surface area contributed by atoms with E-state index < -0.39 is 15.8 Å². The highest BCUT2D eigenvalue weighted by atomic mass is 79.9. The number of benzene rings is 1. The molecule has 3 N–H and O–H groups in total. The van der Waals surface area contributed by atoms with Crippen LogP contribution in [0.5, 0.6) is 0 Å². The second-order valence-corrected chi connectivity index (χ2v) is 6.49. The normalized spacial score (nSPS) is 11.3. The first-order valence-corrected chi connectivity index (χ1v) is 7.83. The van der Waals surface area contributed by atoms with Crippen LogP contribution >= 0.6 is 15.9 Å². The van der Waals surface area contributed by atoms with Gasteiger partial charge in [0.2, 0.25) is 0 Å². The van der Waals surface area contributed by atoms with Crippen LogP contribution in [0, 0.1) is 5.82 Å². The molecule has 106 valence electrons. The van der Waals surface area contributed by atoms with Crippen LogP contribution in [-0.4, -0.2) is 13.4 Å². The van der Waals surface area contributed by atoms with Crippen LogP contribution in [0.2, 0.25) is 0 Å². The molecule has 1 heterocycles. The summed E-state index contributed by atoms with van der Waals surface area (Å²) in [5, 5.41) is 0. The number of aromatic nitrogens is 1. The molecule has 1 aromatic heterocycles. The second kappa shape index (κ2) is 5.86. The van der Waals surface area contributed by atoms with Gasteiger partial charge in [-0.15, -0.1) is 0 Å². The minimum atomic E-state index is -3.94. The van der Waals surface area contributed by atoms with Crippen LogP contribution in [0.15, 0.2) is 45.9 Å². The van der Waals surface area contributed by atoms with Crippen molar-refractivity contribution in [2.24, 2.45) is 5.73 Å². The lowest BCUT2D eigenvalue weighted by molar-refractivity contribution is 0.593. The maximum absolute atomic E-state index is 13.3. The van der Waals surface area contributed by atoms with Gasteiger partial charge in [-0.1, -0.05) is 6.07 Å². The summed E-state index contributed by atoms with van der Waals surface area (Å²) >= 11 is 3.20. The predicted molar refractivity (Wildman–Crippen MR) is 77.0 cm³/mol. The van der Waals surface area contributed by atoms with Crippen molar-refractivity contribution < 1.29 is 12.8 Å². The third-order valence-electron chi connectivity index (χ3n) is 2.50. The molecule has 0 aliphatic rings. The molecule has 0 unspecified atom stereocenters. The minimum Gasteiger partial charge on any atom is -0.326 e. The van der Waals surface area contributed by atoms with E-state index in [9.17, 15) is 12.8 Å². The number of nitrogens with two attached hydrogens (primary N) is 1. The summed E-state index contributed by atoms with van der Waals surface area (Å²) in [7, 11) is -3.94. The van der Waals surface area contributed by atoms with E-state index in [1.807, 2.05) is 0 Å². The van der Waals surface area contributed by atoms with Crippen molar-refractivity contribution in [2.75, 3.05) is 4.72 Å². The van der Waals surface area contributed by atoms with Gasteiger partial charge in [0.1, 0.15) is 11.6 Å². The smallest absolute Gasteiger partial charge is 0.263 e. The molecule has 0 atom stereocenters. The number of nitrogens with zero attached hydrogens (tertiary/aromatic N) is 1. The lowest BCUT2D eigenvalue weighted by Gasteiger charge is -2.11. The lowest BCUT2D eigenvalue weighted by Crippen LogP contribution is -2.17. The number of hydrogen-bond acceptors (Lipinski definition) is 4. The largest absolute Gasteiger partial charge is 0.326 e. The molecule has 0 radical (unpaired) electrons. The predicted octanol–water partition coefficient (Wildman–Crippen LogP) is 2.24. The fourth-order valence-corrected chi connectivity index (χ4v) is 3.08. The van der Waals surface area contributed by atoms with E-state index in [-0.39, 0.29) is 17.3 Å². The summed E-state index contributed by atoms with van der Waals surface area (Å²) in [6, 6.07) is 6.57. The highest BCUT2D eigenvalue weighted by molar-refractivity contribution is 9.10. The molecule has 0 saturated heterocycles. The molecule has 0 fully saturated rings. The molecular weight excluding hydrogens is 349 g/mol. The van der Waals surface area contributed by atoms with Crippen molar-refractivity contribution >= 4 is 31.8 Å². The van der Waals surface area contributed by atoms with Gasteiger partial charge in [-0.25, -0.2) is 17.8 Å². The summed E-state index contributed by atoms with van der Waals surface area (Å²) in [6.07, 6.45) is 1.45. The summed E-state index contributed by atoms with van der Waals surface area (Å²) in [6.45, 7) is -0.00963. The van der Waals surface area contributed by atoms with Crippen LogP contribution in [0.3, 0.4) is 0 Å². The molecule has 1 aromatic carbocycles. The van der Waals surface area contributed by atoms with E-state index in [0.717, 1.165) is 6.07 Å². The van der Waals surface area contributed by atoms with Gasteiger partial charge >= 0.3 is 0 Å². The van der Waals surface area contributed by atoms with E-state index in [1.54, 1.807) is 6.07 Å². The Labute approximate surface area is 124 Å². The summed E-state index contributed by atoms with van der Waals surface area (Å²) < 4.78 is 40.7. The Morgan fingerprint density at radius 1 is 1.30 bits per heavy atom. The zero-order valence-corrected chi connectivity index (χ0v) is 12.6. The molecule has 2 aromatic rings. The number of anilines is 1. The lowest BCUT2D eigenvalue weighted by atomic mass is 10.2. The molecular formula is C12H11BrFN3O2S. The third kappa shape index (κ3) is 3.33. The molecule has 2 rings (SSSR count). The van der Waals surface area contributed by atoms with Gasteiger partial charge in [-0.2, -0.15) is 0 Å². The van der Waals surface area contributed by atoms with E-state index in [4.69, 9.17) is 5.73 Å². The van der Waals surface area contributed by atoms with Gasteiger partial charge < -0.3 is 5.73 Å². The van der Waals surface area contributed by atoms with Gasteiger partial charge in [0.15, 0.2) is 0 Å². The summed E-state index contributed by atoms with van der Waals surface area (Å²) in [4.78, 5) is 3.71. The Kier molecular flexibility index (Phi) is 4.36. The average molecular weight is 360 g/mol. The highest BCUT2D eigenvalue weighted by Gasteiger charge is 2.19. The van der Waals surface area contributed by atoms with Gasteiger partial charge in [-0.05, 0) is 45.8 Å². The van der Waals surface area contributed by atoms with E-state index >= 15 is 0 Å². The number of hydrogen-bond donors (Lipinski definition) is 2. The molecule has 0 amide bonds. The van der Waals surface area contributed by atoms with Crippen molar-refractivity contribution in [2.45, 2.75) is 11.4 Å². The van der Waals surface area contributed by atoms with Gasteiger partial charge in [0.25, 0.3) is 10.0 Å². The van der Waals surface area contributed by atoms with Crippen LogP contribution in [0.25, 0.3) is 0 Å². The Balaban J connectivity index is 2.40. The maximum atomic E-state index is 13.3. The topological polar surface area (TPSA) is 85.1 Å². The van der Waals surface area contributed by atoms with Gasteiger partial charge in [-0.3, -0.25) is 4.72 Å². The van der Waals surface area contributed by atoms with Crippen molar-refractivity contribution in [3.8, 4) is 0 Å². The number of rotatable bonds is 4. The number of halogens is 2. The third-order valence-corrected chi connectivity index (χ3v) is 4.41. The SMILES string of the molecule is NCc1ccc(F)cc1S(=O)(=O)Nc1ccc(Br)cn1. The van der Waals surface area contributed by atoms with E-state index in [0.29, 0.717) is 10.0 Å². The Morgan fingerprint density at radius 2 is 2.05 bits per heavy atom. The fraction of sp³-hybridized carbons (Fsp3) is 0.0833. The van der Waals surface area contributed by atoms with Crippen molar-refractivity contribution in [3.05, 3.63) is 52.4 Å². The first-order chi connectivity index (χ1) is 9.42. The molecule has 0 aliphatic heterocycles. The average Bonchev–Trinajstić information content (AvgIpc) is 2.41. The molecule has 20 heavy (non-hydrogen) atoms. The molecule has 5 nitrogen and oxygen atoms in total. The minimum absolute atomic E-state index is 0.00963. The monoisotopic (exact) mass is 359 g/mol. The van der Waals surface area contributed by atoms with Crippen LogP contribution in [0.1, 0.15) is 5.56 Å². The standard InChI is InChI=1S/C12H11BrFN3O2S/c13-9-2-4-12(16-7-9)17-20(18,19)11-5-10(14)3-1-8(11)6-15/h1-5,7H,6,15H2,(H,16,17). The Bertz CT molecular complexity index is 720. The van der Waals surface area contributed by atoms with E-state index in [2.05, 4.69) is 25.6 Å². The highest BCUT2D eigenvalue weighted by Crippen LogP contribution is 2.20. The molecule has 0 spiro atoms. The van der Waals surface area contributed by atoms with E-state index in [1.165, 1.54) is 24.4 Å². The van der Waals surface area contributed by atoms with Crippen LogP contribution in [0.4, 0.5) is 10.2 Å². The van der Waals surface area contributed by atoms with Crippen molar-refractivity contribution in [1.29, 1.82) is 0 Å². The first kappa shape index (κ1) is 14.9. The van der Waals surface area contributed by atoms with Gasteiger partial charge in [0, 0.05) is 17.2 Å². The van der Waals surface area contributed by atoms with Gasteiger partial charge in [0.05, 0.1) is 4.90 Å². The summed E-state index contributed by atoms with van der Waals surface area (Å²) in [5.41, 5.74) is 5.80. The second-order valence-electron chi connectivity index (χ2n) is 3.92. The Hall–Kier alpha value is -1.51. The quantitative estimate of drug-likeness (QED) is 0.876. The number of pyridine rings is 1. The zero-order valence-electron chi connectivity index (χ0n) is 10.2.